The van der Waals surface area contributed by atoms with Crippen molar-refractivity contribution < 1.29 is 49.2 Å². The number of carbonyl (C=O) groups is 6. The Kier molecular flexibility index (Phi) is 15.5. The molecule has 14 N–H and O–H groups in total. The lowest BCUT2D eigenvalue weighted by molar-refractivity contribution is -0.143. The fraction of sp³-hybridized carbons (Fsp3) is 0.632. The average Bonchev–Trinajstić information content (AvgIpc) is 2.83. The number of hydrogen-bond donors (Lipinski definition) is 12. The van der Waals surface area contributed by atoms with E-state index < -0.39 is 92.3 Å². The molecule has 0 spiro atoms. The summed E-state index contributed by atoms with van der Waals surface area (Å²) in [6.07, 6.45) is -0.947. The third-order valence-electron chi connectivity index (χ3n) is 4.71. The molecule has 18 nitrogen and oxygen atoms in total. The summed E-state index contributed by atoms with van der Waals surface area (Å²) in [6.45, 7) is -2.18. The van der Waals surface area contributed by atoms with E-state index in [1.54, 1.807) is 0 Å². The van der Waals surface area contributed by atoms with Crippen LogP contribution in [0.15, 0.2) is 0 Å². The fourth-order valence-corrected chi connectivity index (χ4v) is 2.78. The van der Waals surface area contributed by atoms with Crippen LogP contribution in [0.4, 0.5) is 0 Å². The standard InChI is InChI=1S/C19H34N8O10/c20-6-13(30)24-11(7-28)16(34)27-12(8-29)17(35)25-9(3-4-14(31)32)15(33)26-10(18(36)37)2-1-5-23-19(21)22/h9-12,28-29H,1-8,20H2,(H,24,30)(H,25,35)(H,26,33)(H,27,34)(H,31,32)(H,36,37)(H4,21,22,23)/t9-,10-,11-,12-/m0/s1. The van der Waals surface area contributed by atoms with Gasteiger partial charge in [0.2, 0.25) is 23.6 Å². The van der Waals surface area contributed by atoms with E-state index >= 15 is 0 Å². The minimum atomic E-state index is -1.68. The molecule has 0 aromatic carbocycles. The highest BCUT2D eigenvalue weighted by Gasteiger charge is 2.31. The number of hydrogen-bond acceptors (Lipinski definition) is 10. The zero-order chi connectivity index (χ0) is 28.5. The van der Waals surface area contributed by atoms with Crippen LogP contribution in [0.5, 0.6) is 0 Å². The predicted molar refractivity (Wildman–Crippen MR) is 125 cm³/mol. The first-order valence-corrected chi connectivity index (χ1v) is 11.0. The van der Waals surface area contributed by atoms with Gasteiger partial charge in [0.1, 0.15) is 24.2 Å². The number of carboxylic acid groups (broad SMARTS) is 2. The summed E-state index contributed by atoms with van der Waals surface area (Å²) in [5, 5.41) is 55.2. The molecule has 0 unspecified atom stereocenters. The van der Waals surface area contributed by atoms with Crippen molar-refractivity contribution >= 4 is 41.5 Å². The highest BCUT2D eigenvalue weighted by atomic mass is 16.4. The molecule has 0 bridgehead atoms. The van der Waals surface area contributed by atoms with Gasteiger partial charge in [-0.2, -0.15) is 0 Å². The molecular formula is C19H34N8O10. The van der Waals surface area contributed by atoms with Crippen LogP contribution < -0.4 is 38.1 Å². The molecule has 0 fully saturated rings. The molecule has 0 aliphatic heterocycles. The minimum absolute atomic E-state index is 0.0899. The van der Waals surface area contributed by atoms with Gasteiger partial charge in [-0.25, -0.2) is 4.79 Å². The summed E-state index contributed by atoms with van der Waals surface area (Å²) in [7, 11) is 0. The number of nitrogens with one attached hydrogen (secondary N) is 6. The van der Waals surface area contributed by atoms with E-state index in [1.807, 2.05) is 0 Å². The Balaban J connectivity index is 5.39. The number of aliphatic carboxylic acids is 2. The van der Waals surface area contributed by atoms with Crippen LogP contribution in [0.2, 0.25) is 0 Å². The number of aliphatic hydroxyl groups excluding tert-OH is 2. The lowest BCUT2D eigenvalue weighted by atomic mass is 10.1. The van der Waals surface area contributed by atoms with E-state index in [1.165, 1.54) is 0 Å². The number of carbonyl (C=O) groups excluding carboxylic acids is 4. The van der Waals surface area contributed by atoms with Gasteiger partial charge >= 0.3 is 11.9 Å². The maximum absolute atomic E-state index is 12.7. The number of amides is 4. The van der Waals surface area contributed by atoms with E-state index in [2.05, 4.69) is 26.6 Å². The van der Waals surface area contributed by atoms with Gasteiger partial charge in [0.25, 0.3) is 0 Å². The molecule has 0 saturated heterocycles. The average molecular weight is 535 g/mol. The quantitative estimate of drug-likeness (QED) is 0.0443. The molecule has 0 saturated carbocycles. The lowest BCUT2D eigenvalue weighted by Gasteiger charge is -2.24. The Morgan fingerprint density at radius 1 is 0.757 bits per heavy atom. The van der Waals surface area contributed by atoms with Crippen LogP contribution in [-0.2, 0) is 28.8 Å². The molecule has 0 heterocycles. The zero-order valence-corrected chi connectivity index (χ0v) is 19.9. The van der Waals surface area contributed by atoms with Gasteiger partial charge in [0.15, 0.2) is 5.96 Å². The van der Waals surface area contributed by atoms with Crippen molar-refractivity contribution in [3.8, 4) is 0 Å². The molecule has 4 amide bonds. The van der Waals surface area contributed by atoms with Crippen molar-refractivity contribution in [1.82, 2.24) is 26.6 Å². The van der Waals surface area contributed by atoms with E-state index in [9.17, 15) is 44.1 Å². The molecular weight excluding hydrogens is 500 g/mol. The van der Waals surface area contributed by atoms with Crippen molar-refractivity contribution in [1.29, 1.82) is 5.41 Å². The Labute approximate surface area is 211 Å². The number of aliphatic hydroxyl groups is 2. The monoisotopic (exact) mass is 534 g/mol. The van der Waals surface area contributed by atoms with Gasteiger partial charge in [-0.15, -0.1) is 0 Å². The molecule has 0 aliphatic rings. The van der Waals surface area contributed by atoms with Crippen molar-refractivity contribution in [3.63, 3.8) is 0 Å². The van der Waals surface area contributed by atoms with Gasteiger partial charge in [-0.1, -0.05) is 0 Å². The largest absolute Gasteiger partial charge is 0.481 e. The van der Waals surface area contributed by atoms with Gasteiger partial charge in [-0.05, 0) is 19.3 Å². The number of nitrogens with two attached hydrogens (primary N) is 2. The summed E-state index contributed by atoms with van der Waals surface area (Å²) >= 11 is 0. The van der Waals surface area contributed by atoms with Crippen LogP contribution in [0.1, 0.15) is 25.7 Å². The lowest BCUT2D eigenvalue weighted by Crippen LogP contribution is -2.59. The summed E-state index contributed by atoms with van der Waals surface area (Å²) < 4.78 is 0. The summed E-state index contributed by atoms with van der Waals surface area (Å²) in [5.74, 6) is -7.05. The molecule has 0 radical (unpaired) electrons. The Hall–Kier alpha value is -4.03. The van der Waals surface area contributed by atoms with E-state index in [0.717, 1.165) is 0 Å². The molecule has 0 aromatic rings. The Morgan fingerprint density at radius 3 is 1.70 bits per heavy atom. The predicted octanol–water partition coefficient (Wildman–Crippen LogP) is -5.92. The minimum Gasteiger partial charge on any atom is -0.481 e. The third-order valence-corrected chi connectivity index (χ3v) is 4.71. The third kappa shape index (κ3) is 13.6. The molecule has 37 heavy (non-hydrogen) atoms. The van der Waals surface area contributed by atoms with E-state index in [-0.39, 0.29) is 25.3 Å². The van der Waals surface area contributed by atoms with Gasteiger partial charge < -0.3 is 58.5 Å². The first kappa shape index (κ1) is 33.0. The summed E-state index contributed by atoms with van der Waals surface area (Å²) in [5.41, 5.74) is 10.2. The highest BCUT2D eigenvalue weighted by molar-refractivity contribution is 5.95. The second-order valence-corrected chi connectivity index (χ2v) is 7.63. The van der Waals surface area contributed by atoms with Crippen LogP contribution >= 0.6 is 0 Å². The van der Waals surface area contributed by atoms with Crippen molar-refractivity contribution in [2.24, 2.45) is 11.5 Å². The maximum atomic E-state index is 12.7. The summed E-state index contributed by atoms with van der Waals surface area (Å²) in [4.78, 5) is 71.4. The second kappa shape index (κ2) is 17.4. The van der Waals surface area contributed by atoms with E-state index in [4.69, 9.17) is 22.0 Å². The van der Waals surface area contributed by atoms with Crippen molar-refractivity contribution in [2.75, 3.05) is 26.3 Å². The van der Waals surface area contributed by atoms with Gasteiger partial charge in [-0.3, -0.25) is 29.4 Å². The first-order chi connectivity index (χ1) is 17.4. The molecule has 4 atom stereocenters. The topological polar surface area (TPSA) is 319 Å². The molecule has 18 heteroatoms. The van der Waals surface area contributed by atoms with Crippen LogP contribution in [-0.4, -0.2) is 112 Å². The molecule has 0 aromatic heterocycles. The molecule has 210 valence electrons. The van der Waals surface area contributed by atoms with Crippen molar-refractivity contribution in [2.45, 2.75) is 49.9 Å². The number of carboxylic acids is 2. The highest BCUT2D eigenvalue weighted by Crippen LogP contribution is 2.04. The normalized spacial score (nSPS) is 13.7. The number of rotatable bonds is 18. The zero-order valence-electron chi connectivity index (χ0n) is 19.9. The summed E-state index contributed by atoms with van der Waals surface area (Å²) in [6, 6.07) is -6.16. The van der Waals surface area contributed by atoms with Crippen molar-refractivity contribution in [3.05, 3.63) is 0 Å². The molecule has 0 aliphatic carbocycles. The Morgan fingerprint density at radius 2 is 1.24 bits per heavy atom. The smallest absolute Gasteiger partial charge is 0.326 e. The first-order valence-electron chi connectivity index (χ1n) is 11.0. The molecule has 0 rings (SSSR count). The van der Waals surface area contributed by atoms with Crippen LogP contribution in [0.25, 0.3) is 0 Å². The van der Waals surface area contributed by atoms with Gasteiger partial charge in [0.05, 0.1) is 19.8 Å². The maximum Gasteiger partial charge on any atom is 0.326 e. The fourth-order valence-electron chi connectivity index (χ4n) is 2.78. The SMILES string of the molecule is N=C(N)NCCC[C@H](NC(=O)[C@H](CCC(=O)O)NC(=O)[C@H](CO)NC(=O)[C@H](CO)NC(=O)CN)C(=O)O. The number of guanidine groups is 1. The van der Waals surface area contributed by atoms with Crippen LogP contribution in [0.3, 0.4) is 0 Å². The van der Waals surface area contributed by atoms with E-state index in [0.29, 0.717) is 0 Å². The Bertz CT molecular complexity index is 840. The van der Waals surface area contributed by atoms with Gasteiger partial charge in [0, 0.05) is 13.0 Å². The second-order valence-electron chi connectivity index (χ2n) is 7.63. The van der Waals surface area contributed by atoms with Crippen LogP contribution in [0, 0.1) is 5.41 Å².